The third-order valence-electron chi connectivity index (χ3n) is 4.90. The molecule has 0 saturated heterocycles. The largest absolute Gasteiger partial charge is 0.496 e. The number of nitrogens with one attached hydrogen (secondary N) is 1. The predicted octanol–water partition coefficient (Wildman–Crippen LogP) is 3.39. The van der Waals surface area contributed by atoms with Crippen molar-refractivity contribution < 1.29 is 23.9 Å². The summed E-state index contributed by atoms with van der Waals surface area (Å²) < 4.78 is 10.2. The molecule has 1 aromatic heterocycles. The van der Waals surface area contributed by atoms with Crippen LogP contribution in [0, 0.1) is 5.92 Å². The first kappa shape index (κ1) is 20.1. The summed E-state index contributed by atoms with van der Waals surface area (Å²) in [6.45, 7) is 1.67. The molecule has 1 aliphatic carbocycles. The molecule has 1 atom stereocenters. The number of hydrogen-bond acceptors (Lipinski definition) is 6. The van der Waals surface area contributed by atoms with Crippen LogP contribution < -0.4 is 10.1 Å². The van der Waals surface area contributed by atoms with Crippen LogP contribution in [0.4, 0.5) is 0 Å². The van der Waals surface area contributed by atoms with E-state index in [0.29, 0.717) is 16.5 Å². The van der Waals surface area contributed by atoms with E-state index >= 15 is 0 Å². The molecule has 6 nitrogen and oxygen atoms in total. The van der Waals surface area contributed by atoms with Crippen LogP contribution in [0.25, 0.3) is 0 Å². The molecule has 28 heavy (non-hydrogen) atoms. The van der Waals surface area contributed by atoms with E-state index in [1.54, 1.807) is 24.3 Å². The van der Waals surface area contributed by atoms with Crippen LogP contribution in [-0.4, -0.2) is 31.5 Å². The van der Waals surface area contributed by atoms with Crippen molar-refractivity contribution in [3.05, 3.63) is 51.2 Å². The number of benzene rings is 1. The van der Waals surface area contributed by atoms with Gasteiger partial charge >= 0.3 is 5.97 Å². The lowest BCUT2D eigenvalue weighted by Gasteiger charge is -2.19. The van der Waals surface area contributed by atoms with Gasteiger partial charge in [-0.3, -0.25) is 14.9 Å². The molecule has 1 aromatic carbocycles. The van der Waals surface area contributed by atoms with Crippen LogP contribution in [0.5, 0.6) is 5.75 Å². The molecule has 3 rings (SSSR count). The van der Waals surface area contributed by atoms with Gasteiger partial charge in [0.05, 0.1) is 12.7 Å². The number of esters is 1. The number of ether oxygens (including phenoxy) is 2. The number of amides is 2. The first-order chi connectivity index (χ1) is 13.5. The van der Waals surface area contributed by atoms with E-state index in [1.165, 1.54) is 28.9 Å². The maximum atomic E-state index is 12.3. The summed E-state index contributed by atoms with van der Waals surface area (Å²) in [5.74, 6) is -0.795. The highest BCUT2D eigenvalue weighted by atomic mass is 32.1. The van der Waals surface area contributed by atoms with Crippen molar-refractivity contribution in [2.45, 2.75) is 32.6 Å². The Morgan fingerprint density at radius 2 is 2.04 bits per heavy atom. The summed E-state index contributed by atoms with van der Waals surface area (Å²) in [6.07, 6.45) is 4.25. The summed E-state index contributed by atoms with van der Waals surface area (Å²) >= 11 is 1.43. The van der Waals surface area contributed by atoms with Crippen molar-refractivity contribution in [1.29, 1.82) is 0 Å². The molecule has 7 heteroatoms. The molecule has 0 unspecified atom stereocenters. The van der Waals surface area contributed by atoms with Gasteiger partial charge in [-0.2, -0.15) is 0 Å². The second-order valence-electron chi connectivity index (χ2n) is 6.73. The molecule has 1 N–H and O–H groups in total. The van der Waals surface area contributed by atoms with Gasteiger partial charge in [0.25, 0.3) is 11.8 Å². The number of aryl methyl sites for hydroxylation is 1. The standard InChI is InChI=1S/C21H23NO5S/c1-3-13-8-9-17-14(10-13)11-18(28-17)21(25)27-12-19(23)22-20(24)15-6-4-5-7-16(15)26-2/h4-7,11,13H,3,8-10,12H2,1-2H3,(H,22,23,24)/t13-/m0/s1. The van der Waals surface area contributed by atoms with Crippen LogP contribution in [-0.2, 0) is 22.4 Å². The molecule has 0 spiro atoms. The van der Waals surface area contributed by atoms with Gasteiger partial charge in [-0.05, 0) is 48.9 Å². The summed E-state index contributed by atoms with van der Waals surface area (Å²) in [5, 5.41) is 2.21. The first-order valence-electron chi connectivity index (χ1n) is 9.27. The Balaban J connectivity index is 1.54. The van der Waals surface area contributed by atoms with Gasteiger partial charge in [0.15, 0.2) is 6.61 Å². The van der Waals surface area contributed by atoms with E-state index in [9.17, 15) is 14.4 Å². The minimum atomic E-state index is -0.684. The Morgan fingerprint density at radius 3 is 2.79 bits per heavy atom. The fraction of sp³-hybridized carbons (Fsp3) is 0.381. The highest BCUT2D eigenvalue weighted by molar-refractivity contribution is 7.14. The highest BCUT2D eigenvalue weighted by Gasteiger charge is 2.23. The lowest BCUT2D eigenvalue weighted by molar-refractivity contribution is -0.123. The van der Waals surface area contributed by atoms with E-state index in [0.717, 1.165) is 25.7 Å². The Labute approximate surface area is 167 Å². The average molecular weight is 401 g/mol. The average Bonchev–Trinajstić information content (AvgIpc) is 3.15. The fourth-order valence-corrected chi connectivity index (χ4v) is 4.41. The second-order valence-corrected chi connectivity index (χ2v) is 7.87. The lowest BCUT2D eigenvalue weighted by atomic mass is 9.87. The van der Waals surface area contributed by atoms with E-state index in [-0.39, 0.29) is 5.56 Å². The molecule has 0 saturated carbocycles. The molecule has 0 bridgehead atoms. The van der Waals surface area contributed by atoms with Crippen molar-refractivity contribution in [2.75, 3.05) is 13.7 Å². The molecular weight excluding hydrogens is 378 g/mol. The Morgan fingerprint density at radius 1 is 1.25 bits per heavy atom. The maximum absolute atomic E-state index is 12.3. The monoisotopic (exact) mass is 401 g/mol. The molecule has 1 heterocycles. The first-order valence-corrected chi connectivity index (χ1v) is 10.1. The van der Waals surface area contributed by atoms with Gasteiger partial charge in [0, 0.05) is 4.88 Å². The van der Waals surface area contributed by atoms with Crippen LogP contribution in [0.2, 0.25) is 0 Å². The van der Waals surface area contributed by atoms with Gasteiger partial charge in [-0.15, -0.1) is 11.3 Å². The van der Waals surface area contributed by atoms with Crippen molar-refractivity contribution >= 4 is 29.1 Å². The Kier molecular flexibility index (Phi) is 6.46. The Hall–Kier alpha value is -2.67. The van der Waals surface area contributed by atoms with Crippen molar-refractivity contribution in [3.63, 3.8) is 0 Å². The topological polar surface area (TPSA) is 81.7 Å². The molecule has 148 valence electrons. The molecule has 0 aliphatic heterocycles. The molecular formula is C21H23NO5S. The molecule has 2 aromatic rings. The number of thiophene rings is 1. The second kappa shape index (κ2) is 9.01. The molecule has 0 radical (unpaired) electrons. The third-order valence-corrected chi connectivity index (χ3v) is 6.12. The molecule has 0 fully saturated rings. The van der Waals surface area contributed by atoms with E-state index in [4.69, 9.17) is 9.47 Å². The minimum absolute atomic E-state index is 0.237. The number of rotatable bonds is 6. The number of para-hydroxylation sites is 1. The zero-order valence-corrected chi connectivity index (χ0v) is 16.8. The van der Waals surface area contributed by atoms with Crippen LogP contribution in [0.1, 0.15) is 50.2 Å². The zero-order chi connectivity index (χ0) is 20.1. The van der Waals surface area contributed by atoms with Crippen LogP contribution in [0.3, 0.4) is 0 Å². The van der Waals surface area contributed by atoms with Crippen molar-refractivity contribution in [1.82, 2.24) is 5.32 Å². The SMILES string of the molecule is CC[C@H]1CCc2sc(C(=O)OCC(=O)NC(=O)c3ccccc3OC)cc2C1. The highest BCUT2D eigenvalue weighted by Crippen LogP contribution is 2.33. The van der Waals surface area contributed by atoms with E-state index in [1.807, 2.05) is 6.07 Å². The normalized spacial score (nSPS) is 15.4. The van der Waals surface area contributed by atoms with Crippen LogP contribution >= 0.6 is 11.3 Å². The minimum Gasteiger partial charge on any atom is -0.496 e. The molecule has 2 amide bonds. The fourth-order valence-electron chi connectivity index (χ4n) is 3.31. The Bertz CT molecular complexity index is 889. The van der Waals surface area contributed by atoms with Crippen molar-refractivity contribution in [3.8, 4) is 5.75 Å². The number of methoxy groups -OCH3 is 1. The summed E-state index contributed by atoms with van der Waals surface area (Å²) in [5.41, 5.74) is 1.45. The number of imide groups is 1. The number of fused-ring (bicyclic) bond motifs is 1. The zero-order valence-electron chi connectivity index (χ0n) is 15.9. The lowest BCUT2D eigenvalue weighted by Crippen LogP contribution is -2.34. The summed E-state index contributed by atoms with van der Waals surface area (Å²) in [7, 11) is 1.44. The number of hydrogen-bond donors (Lipinski definition) is 1. The smallest absolute Gasteiger partial charge is 0.348 e. The quantitative estimate of drug-likeness (QED) is 0.751. The number of carbonyl (C=O) groups excluding carboxylic acids is 3. The van der Waals surface area contributed by atoms with E-state index in [2.05, 4.69) is 12.2 Å². The predicted molar refractivity (Wildman–Crippen MR) is 106 cm³/mol. The van der Waals surface area contributed by atoms with Crippen molar-refractivity contribution in [2.24, 2.45) is 5.92 Å². The summed E-state index contributed by atoms with van der Waals surface area (Å²) in [4.78, 5) is 38.2. The van der Waals surface area contributed by atoms with Gasteiger partial charge in [0.1, 0.15) is 10.6 Å². The number of carbonyl (C=O) groups is 3. The molecule has 1 aliphatic rings. The van der Waals surface area contributed by atoms with Gasteiger partial charge in [-0.1, -0.05) is 25.5 Å². The van der Waals surface area contributed by atoms with E-state index < -0.39 is 24.4 Å². The van der Waals surface area contributed by atoms with Gasteiger partial charge in [0.2, 0.25) is 0 Å². The maximum Gasteiger partial charge on any atom is 0.348 e. The van der Waals surface area contributed by atoms with Gasteiger partial charge in [-0.25, -0.2) is 4.79 Å². The van der Waals surface area contributed by atoms with Gasteiger partial charge < -0.3 is 9.47 Å². The third kappa shape index (κ3) is 4.59. The van der Waals surface area contributed by atoms with Crippen LogP contribution in [0.15, 0.2) is 30.3 Å². The summed E-state index contributed by atoms with van der Waals surface area (Å²) in [6, 6.07) is 8.45.